The number of alkyl halides is 2. The van der Waals surface area contributed by atoms with Gasteiger partial charge in [0.15, 0.2) is 0 Å². The number of aromatic nitrogens is 1. The molecule has 1 heterocycles. The van der Waals surface area contributed by atoms with Crippen molar-refractivity contribution in [3.05, 3.63) is 62.0 Å². The van der Waals surface area contributed by atoms with Gasteiger partial charge in [0.1, 0.15) is 12.3 Å². The van der Waals surface area contributed by atoms with Crippen molar-refractivity contribution in [2.24, 2.45) is 0 Å². The second kappa shape index (κ2) is 7.71. The average Bonchev–Trinajstić information content (AvgIpc) is 2.51. The Bertz CT molecular complexity index is 872. The van der Waals surface area contributed by atoms with E-state index in [0.717, 1.165) is 29.0 Å². The molecule has 0 unspecified atom stereocenters. The average molecular weight is 374 g/mol. The van der Waals surface area contributed by atoms with Crippen molar-refractivity contribution in [2.45, 2.75) is 13.2 Å². The van der Waals surface area contributed by atoms with Gasteiger partial charge in [-0.3, -0.25) is 24.3 Å². The van der Waals surface area contributed by atoms with E-state index in [2.05, 4.69) is 10.1 Å². The molecule has 0 saturated heterocycles. The van der Waals surface area contributed by atoms with Crippen LogP contribution < -0.4 is 15.6 Å². The van der Waals surface area contributed by atoms with Gasteiger partial charge >= 0.3 is 6.61 Å². The Morgan fingerprint density at radius 2 is 2.08 bits per heavy atom. The number of hydrogen-bond donors (Lipinski definition) is 1. The van der Waals surface area contributed by atoms with E-state index in [1.165, 1.54) is 12.1 Å². The molecule has 132 valence electrons. The van der Waals surface area contributed by atoms with Gasteiger partial charge in [-0.25, -0.2) is 0 Å². The number of halogens is 3. The van der Waals surface area contributed by atoms with Gasteiger partial charge in [-0.1, -0.05) is 11.6 Å². The maximum absolute atomic E-state index is 12.1. The Labute approximate surface area is 143 Å². The molecule has 0 aliphatic rings. The second-order valence-corrected chi connectivity index (χ2v) is 5.09. The third kappa shape index (κ3) is 4.98. The predicted molar refractivity (Wildman–Crippen MR) is 84.1 cm³/mol. The van der Waals surface area contributed by atoms with Crippen molar-refractivity contribution in [3.63, 3.8) is 0 Å². The summed E-state index contributed by atoms with van der Waals surface area (Å²) in [5.41, 5.74) is -0.765. The fourth-order valence-corrected chi connectivity index (χ4v) is 2.10. The van der Waals surface area contributed by atoms with E-state index < -0.39 is 29.5 Å². The molecular weight excluding hydrogens is 364 g/mol. The lowest BCUT2D eigenvalue weighted by molar-refractivity contribution is -0.385. The van der Waals surface area contributed by atoms with E-state index >= 15 is 0 Å². The number of rotatable bonds is 6. The van der Waals surface area contributed by atoms with E-state index in [1.54, 1.807) is 0 Å². The Kier molecular flexibility index (Phi) is 5.65. The van der Waals surface area contributed by atoms with Crippen LogP contribution in [0, 0.1) is 10.1 Å². The first-order chi connectivity index (χ1) is 11.8. The monoisotopic (exact) mass is 373 g/mol. The lowest BCUT2D eigenvalue weighted by Gasteiger charge is -2.10. The van der Waals surface area contributed by atoms with Crippen LogP contribution in [0.15, 0.2) is 41.3 Å². The van der Waals surface area contributed by atoms with Gasteiger partial charge in [-0.15, -0.1) is 0 Å². The molecule has 1 aromatic heterocycles. The fourth-order valence-electron chi connectivity index (χ4n) is 1.88. The Hall–Kier alpha value is -3.01. The number of ether oxygens (including phenoxy) is 1. The van der Waals surface area contributed by atoms with Gasteiger partial charge < -0.3 is 10.1 Å². The van der Waals surface area contributed by atoms with Gasteiger partial charge in [-0.2, -0.15) is 8.78 Å². The molecular formula is C14H10ClF2N3O5. The molecule has 0 bridgehead atoms. The van der Waals surface area contributed by atoms with Crippen molar-refractivity contribution in [1.82, 2.24) is 4.57 Å². The number of anilines is 1. The molecule has 0 spiro atoms. The first-order valence-electron chi connectivity index (χ1n) is 6.65. The largest absolute Gasteiger partial charge is 0.433 e. The minimum Gasteiger partial charge on any atom is -0.433 e. The molecule has 0 fully saturated rings. The molecule has 0 aliphatic carbocycles. The molecule has 25 heavy (non-hydrogen) atoms. The van der Waals surface area contributed by atoms with Crippen LogP contribution >= 0.6 is 11.6 Å². The number of pyridine rings is 1. The number of hydrogen-bond acceptors (Lipinski definition) is 5. The summed E-state index contributed by atoms with van der Waals surface area (Å²) < 4.78 is 29.3. The zero-order valence-electron chi connectivity index (χ0n) is 12.3. The highest BCUT2D eigenvalue weighted by atomic mass is 35.5. The molecule has 1 aromatic carbocycles. The van der Waals surface area contributed by atoms with Gasteiger partial charge in [0, 0.05) is 17.8 Å². The molecule has 1 amide bonds. The lowest BCUT2D eigenvalue weighted by Crippen LogP contribution is -2.26. The number of carbonyl (C=O) groups excluding carboxylic acids is 1. The second-order valence-electron chi connectivity index (χ2n) is 4.68. The van der Waals surface area contributed by atoms with Crippen molar-refractivity contribution in [3.8, 4) is 5.75 Å². The molecule has 2 aromatic rings. The third-order valence-electron chi connectivity index (χ3n) is 2.92. The molecule has 1 N–H and O–H groups in total. The highest BCUT2D eigenvalue weighted by molar-refractivity contribution is 6.32. The smallest absolute Gasteiger partial charge is 0.387 e. The molecule has 0 saturated carbocycles. The highest BCUT2D eigenvalue weighted by Crippen LogP contribution is 2.28. The fraction of sp³-hybridized carbons (Fsp3) is 0.143. The summed E-state index contributed by atoms with van der Waals surface area (Å²) in [6, 6.07) is 5.60. The first-order valence-corrected chi connectivity index (χ1v) is 7.03. The molecule has 11 heteroatoms. The van der Waals surface area contributed by atoms with Crippen LogP contribution in [0.5, 0.6) is 5.75 Å². The standard InChI is InChI=1S/C14H10ClF2N3O5/c15-10-5-8(1-3-11(10)25-14(16)17)18-12(21)7-19-6-9(20(23)24)2-4-13(19)22/h1-6,14H,7H2,(H,18,21). The van der Waals surface area contributed by atoms with Crippen LogP contribution in [0.25, 0.3) is 0 Å². The number of carbonyl (C=O) groups is 1. The Balaban J connectivity index is 2.10. The summed E-state index contributed by atoms with van der Waals surface area (Å²) >= 11 is 5.76. The lowest BCUT2D eigenvalue weighted by atomic mass is 10.3. The zero-order valence-corrected chi connectivity index (χ0v) is 13.1. The van der Waals surface area contributed by atoms with Crippen LogP contribution in [-0.4, -0.2) is 22.0 Å². The summed E-state index contributed by atoms with van der Waals surface area (Å²) in [7, 11) is 0. The van der Waals surface area contributed by atoms with E-state index in [4.69, 9.17) is 11.6 Å². The van der Waals surface area contributed by atoms with Crippen molar-refractivity contribution in [1.29, 1.82) is 0 Å². The van der Waals surface area contributed by atoms with Crippen LogP contribution in [-0.2, 0) is 11.3 Å². The van der Waals surface area contributed by atoms with E-state index in [0.29, 0.717) is 0 Å². The van der Waals surface area contributed by atoms with Crippen molar-refractivity contribution < 1.29 is 23.2 Å². The summed E-state index contributed by atoms with van der Waals surface area (Å²) in [4.78, 5) is 33.6. The van der Waals surface area contributed by atoms with Gasteiger partial charge in [0.2, 0.25) is 5.91 Å². The number of nitrogens with zero attached hydrogens (tertiary/aromatic N) is 2. The Morgan fingerprint density at radius 3 is 2.68 bits per heavy atom. The Morgan fingerprint density at radius 1 is 1.36 bits per heavy atom. The first kappa shape index (κ1) is 18.3. The van der Waals surface area contributed by atoms with Crippen LogP contribution in [0.1, 0.15) is 0 Å². The number of nitro groups is 1. The molecule has 0 radical (unpaired) electrons. The van der Waals surface area contributed by atoms with Gasteiger partial charge in [-0.05, 0) is 18.2 Å². The normalized spacial score (nSPS) is 10.6. The highest BCUT2D eigenvalue weighted by Gasteiger charge is 2.13. The molecule has 0 aliphatic heterocycles. The van der Waals surface area contributed by atoms with Crippen molar-refractivity contribution in [2.75, 3.05) is 5.32 Å². The molecule has 8 nitrogen and oxygen atoms in total. The van der Waals surface area contributed by atoms with Crippen LogP contribution in [0.2, 0.25) is 5.02 Å². The maximum Gasteiger partial charge on any atom is 0.387 e. The summed E-state index contributed by atoms with van der Waals surface area (Å²) in [5, 5.41) is 12.9. The number of benzene rings is 1. The third-order valence-corrected chi connectivity index (χ3v) is 3.22. The summed E-state index contributed by atoms with van der Waals surface area (Å²) in [6.45, 7) is -3.52. The van der Waals surface area contributed by atoms with E-state index in [-0.39, 0.29) is 22.1 Å². The quantitative estimate of drug-likeness (QED) is 0.619. The topological polar surface area (TPSA) is 103 Å². The van der Waals surface area contributed by atoms with E-state index in [9.17, 15) is 28.5 Å². The van der Waals surface area contributed by atoms with E-state index in [1.807, 2.05) is 0 Å². The zero-order chi connectivity index (χ0) is 18.6. The predicted octanol–water partition coefficient (Wildman–Crippen LogP) is 2.65. The molecule has 0 atom stereocenters. The number of amides is 1. The maximum atomic E-state index is 12.1. The van der Waals surface area contributed by atoms with Gasteiger partial charge in [0.25, 0.3) is 11.2 Å². The summed E-state index contributed by atoms with van der Waals surface area (Å²) in [6.07, 6.45) is 0.939. The minimum atomic E-state index is -3.04. The number of nitrogens with one attached hydrogen (secondary N) is 1. The van der Waals surface area contributed by atoms with Crippen LogP contribution in [0.4, 0.5) is 20.2 Å². The van der Waals surface area contributed by atoms with Gasteiger partial charge in [0.05, 0.1) is 16.1 Å². The van der Waals surface area contributed by atoms with Crippen LogP contribution in [0.3, 0.4) is 0 Å². The summed E-state index contributed by atoms with van der Waals surface area (Å²) in [5.74, 6) is -0.925. The van der Waals surface area contributed by atoms with Crippen molar-refractivity contribution >= 4 is 28.9 Å². The SMILES string of the molecule is O=C(Cn1cc([N+](=O)[O-])ccc1=O)Nc1ccc(OC(F)F)c(Cl)c1. The molecule has 2 rings (SSSR count). The minimum absolute atomic E-state index is 0.148.